The minimum Gasteiger partial charge on any atom is -0.385 e. The second kappa shape index (κ2) is 12.0. The fraction of sp³-hybridized carbons (Fsp3) is 0.565. The monoisotopic (exact) mass is 433 g/mol. The molecule has 1 aromatic heterocycles. The van der Waals surface area contributed by atoms with Crippen LogP contribution in [-0.4, -0.2) is 61.4 Å². The molecule has 0 bridgehead atoms. The lowest BCUT2D eigenvalue weighted by Gasteiger charge is -2.27. The highest BCUT2D eigenvalue weighted by Crippen LogP contribution is 2.20. The van der Waals surface area contributed by atoms with Gasteiger partial charge in [-0.1, -0.05) is 12.1 Å². The van der Waals surface area contributed by atoms with Gasteiger partial charge in [-0.2, -0.15) is 0 Å². The molecule has 1 aromatic carbocycles. The van der Waals surface area contributed by atoms with E-state index in [-0.39, 0.29) is 5.56 Å². The number of pyridine rings is 1. The average Bonchev–Trinajstić information content (AvgIpc) is 2.74. The molecule has 0 aliphatic heterocycles. The van der Waals surface area contributed by atoms with E-state index in [1.165, 1.54) is 4.90 Å². The van der Waals surface area contributed by atoms with E-state index >= 15 is 0 Å². The van der Waals surface area contributed by atoms with Crippen molar-refractivity contribution in [2.24, 2.45) is 0 Å². The number of H-pyrrole nitrogens is 1. The van der Waals surface area contributed by atoms with Crippen LogP contribution >= 0.6 is 12.2 Å². The number of fused-ring (bicyclic) bond motifs is 1. The largest absolute Gasteiger partial charge is 0.385 e. The summed E-state index contributed by atoms with van der Waals surface area (Å²) >= 11 is 5.69. The molecule has 1 heterocycles. The summed E-state index contributed by atoms with van der Waals surface area (Å²) in [4.78, 5) is 19.6. The van der Waals surface area contributed by atoms with Crippen LogP contribution < -0.4 is 15.8 Å². The Morgan fingerprint density at radius 2 is 1.93 bits per heavy atom. The van der Waals surface area contributed by atoms with Crippen LogP contribution in [0.25, 0.3) is 10.9 Å². The number of ether oxygens (including phenoxy) is 1. The van der Waals surface area contributed by atoms with Gasteiger partial charge in [-0.05, 0) is 63.5 Å². The van der Waals surface area contributed by atoms with Crippen molar-refractivity contribution in [2.75, 3.05) is 46.4 Å². The lowest BCUT2D eigenvalue weighted by Crippen LogP contribution is -3.12. The molecule has 0 amide bonds. The van der Waals surface area contributed by atoms with Gasteiger partial charge in [0.2, 0.25) is 0 Å². The molecule has 0 unspecified atom stereocenters. The van der Waals surface area contributed by atoms with Gasteiger partial charge in [-0.25, -0.2) is 0 Å². The van der Waals surface area contributed by atoms with Gasteiger partial charge in [-0.15, -0.1) is 0 Å². The van der Waals surface area contributed by atoms with Gasteiger partial charge in [0.25, 0.3) is 5.56 Å². The van der Waals surface area contributed by atoms with Crippen molar-refractivity contribution < 1.29 is 9.64 Å². The topological polar surface area (TPSA) is 61.8 Å². The van der Waals surface area contributed by atoms with Crippen LogP contribution in [0.2, 0.25) is 0 Å². The first kappa shape index (κ1) is 24.3. The number of likely N-dealkylation sites (N-methyl/N-ethyl adjacent to an activating group) is 1. The summed E-state index contributed by atoms with van der Waals surface area (Å²) in [7, 11) is 1.70. The summed E-state index contributed by atoms with van der Waals surface area (Å²) in [5, 5.41) is 5.12. The van der Waals surface area contributed by atoms with Gasteiger partial charge in [0.05, 0.1) is 38.2 Å². The van der Waals surface area contributed by atoms with Crippen LogP contribution in [0, 0.1) is 13.8 Å². The first-order valence-corrected chi connectivity index (χ1v) is 11.3. The van der Waals surface area contributed by atoms with Crippen molar-refractivity contribution in [2.45, 2.75) is 40.7 Å². The molecule has 0 saturated heterocycles. The highest BCUT2D eigenvalue weighted by molar-refractivity contribution is 7.80. The zero-order valence-corrected chi connectivity index (χ0v) is 19.9. The van der Waals surface area contributed by atoms with Gasteiger partial charge in [0.1, 0.15) is 0 Å². The number of aryl methyl sites for hydroxylation is 2. The number of nitrogens with zero attached hydrogens (tertiary/aromatic N) is 1. The molecule has 3 N–H and O–H groups in total. The molecule has 0 radical (unpaired) electrons. The third-order valence-corrected chi connectivity index (χ3v) is 6.11. The summed E-state index contributed by atoms with van der Waals surface area (Å²) in [6.45, 7) is 14.4. The Morgan fingerprint density at radius 3 is 2.60 bits per heavy atom. The highest BCUT2D eigenvalue weighted by Gasteiger charge is 2.16. The fourth-order valence-corrected chi connectivity index (χ4v) is 3.87. The number of aromatic amines is 1. The molecule has 0 aliphatic rings. The molecule has 0 spiro atoms. The van der Waals surface area contributed by atoms with E-state index in [1.807, 2.05) is 19.1 Å². The highest BCUT2D eigenvalue weighted by atomic mass is 32.1. The Morgan fingerprint density at radius 1 is 1.23 bits per heavy atom. The number of hydrogen-bond acceptors (Lipinski definition) is 3. The Hall–Kier alpha value is -1.96. The van der Waals surface area contributed by atoms with Crippen LogP contribution in [0.1, 0.15) is 37.0 Å². The van der Waals surface area contributed by atoms with Gasteiger partial charge < -0.3 is 24.8 Å². The lowest BCUT2D eigenvalue weighted by molar-refractivity contribution is -0.895. The van der Waals surface area contributed by atoms with E-state index in [2.05, 4.69) is 42.0 Å². The predicted molar refractivity (Wildman–Crippen MR) is 128 cm³/mol. The number of thiocarbonyl (C=S) groups is 1. The quantitative estimate of drug-likeness (QED) is 0.373. The van der Waals surface area contributed by atoms with Crippen LogP contribution in [0.4, 0.5) is 0 Å². The molecule has 2 rings (SSSR count). The lowest BCUT2D eigenvalue weighted by atomic mass is 10.0. The van der Waals surface area contributed by atoms with Gasteiger partial charge in [-0.3, -0.25) is 4.79 Å². The normalized spacial score (nSPS) is 11.3. The van der Waals surface area contributed by atoms with E-state index in [1.54, 1.807) is 7.11 Å². The molecule has 2 aromatic rings. The van der Waals surface area contributed by atoms with Crippen molar-refractivity contribution in [3.8, 4) is 0 Å². The van der Waals surface area contributed by atoms with Crippen LogP contribution in [-0.2, 0) is 11.3 Å². The summed E-state index contributed by atoms with van der Waals surface area (Å²) < 4.78 is 5.12. The molecule has 0 aliphatic carbocycles. The van der Waals surface area contributed by atoms with Crippen LogP contribution in [0.15, 0.2) is 23.0 Å². The molecule has 6 nitrogen and oxygen atoms in total. The number of nitrogens with one attached hydrogen (secondary N) is 3. The minimum absolute atomic E-state index is 0.0430. The smallest absolute Gasteiger partial charge is 0.253 e. The Labute approximate surface area is 185 Å². The van der Waals surface area contributed by atoms with Crippen molar-refractivity contribution in [3.05, 3.63) is 45.2 Å². The van der Waals surface area contributed by atoms with E-state index in [0.29, 0.717) is 18.3 Å². The number of rotatable bonds is 11. The van der Waals surface area contributed by atoms with Crippen LogP contribution in [0.5, 0.6) is 0 Å². The standard InChI is InChI=1S/C23H36N4O2S/c1-6-26(7-2)12-13-27(23(30)24-11-8-14-29-5)16-19-15-20-17(3)9-10-18(4)21(20)25-22(19)28/h9-10,15H,6-8,11-14,16H2,1-5H3,(H,24,30)(H,25,28)/p+1. The zero-order chi connectivity index (χ0) is 22.1. The number of methoxy groups -OCH3 is 1. The van der Waals surface area contributed by atoms with E-state index in [4.69, 9.17) is 17.0 Å². The molecule has 30 heavy (non-hydrogen) atoms. The predicted octanol–water partition coefficient (Wildman–Crippen LogP) is 1.78. The molecule has 0 atom stereocenters. The van der Waals surface area contributed by atoms with Gasteiger partial charge >= 0.3 is 0 Å². The van der Waals surface area contributed by atoms with E-state index < -0.39 is 0 Å². The zero-order valence-electron chi connectivity index (χ0n) is 19.1. The van der Waals surface area contributed by atoms with E-state index in [9.17, 15) is 4.79 Å². The van der Waals surface area contributed by atoms with Gasteiger partial charge in [0, 0.05) is 31.2 Å². The average molecular weight is 434 g/mol. The van der Waals surface area contributed by atoms with Gasteiger partial charge in [0.15, 0.2) is 5.11 Å². The van der Waals surface area contributed by atoms with Crippen molar-refractivity contribution in [1.29, 1.82) is 0 Å². The number of benzene rings is 1. The van der Waals surface area contributed by atoms with Crippen LogP contribution in [0.3, 0.4) is 0 Å². The number of aromatic nitrogens is 1. The second-order valence-corrected chi connectivity index (χ2v) is 8.21. The summed E-state index contributed by atoms with van der Waals surface area (Å²) in [5.74, 6) is 0. The molecule has 166 valence electrons. The Kier molecular flexibility index (Phi) is 9.75. The second-order valence-electron chi connectivity index (χ2n) is 7.82. The Balaban J connectivity index is 2.25. The SMILES string of the molecule is CC[NH+](CC)CCN(Cc1cc2c(C)ccc(C)c2[nH]c1=O)C(=S)NCCCOC. The molecule has 0 saturated carbocycles. The number of hydrogen-bond donors (Lipinski definition) is 3. The molecule has 0 fully saturated rings. The van der Waals surface area contributed by atoms with E-state index in [0.717, 1.165) is 66.7 Å². The first-order valence-electron chi connectivity index (χ1n) is 10.9. The number of quaternary nitrogens is 1. The fourth-order valence-electron chi connectivity index (χ4n) is 3.61. The molecular formula is C23H37N4O2S+. The maximum atomic E-state index is 12.8. The summed E-state index contributed by atoms with van der Waals surface area (Å²) in [5.41, 5.74) is 3.86. The van der Waals surface area contributed by atoms with Crippen molar-refractivity contribution >= 4 is 28.2 Å². The van der Waals surface area contributed by atoms with Crippen molar-refractivity contribution in [3.63, 3.8) is 0 Å². The summed E-state index contributed by atoms with van der Waals surface area (Å²) in [6, 6.07) is 6.18. The molecular weight excluding hydrogens is 396 g/mol. The third-order valence-electron chi connectivity index (χ3n) is 5.71. The summed E-state index contributed by atoms with van der Waals surface area (Å²) in [6.07, 6.45) is 0.890. The Bertz CT molecular complexity index is 893. The minimum atomic E-state index is -0.0430. The first-order chi connectivity index (χ1) is 14.4. The third kappa shape index (κ3) is 6.52. The maximum Gasteiger partial charge on any atom is 0.253 e. The maximum absolute atomic E-state index is 12.8. The van der Waals surface area contributed by atoms with Crippen molar-refractivity contribution in [1.82, 2.24) is 15.2 Å². The molecule has 7 heteroatoms.